The average molecular weight is 240 g/mol. The smallest absolute Gasteiger partial charge is 0.393 e. The fourth-order valence-corrected chi connectivity index (χ4v) is 0.862. The summed E-state index contributed by atoms with van der Waals surface area (Å²) in [5.74, 6) is 0. The van der Waals surface area contributed by atoms with Gasteiger partial charge in [-0.1, -0.05) is 0 Å². The molecule has 1 unspecified atom stereocenters. The van der Waals surface area contributed by atoms with Crippen LogP contribution in [0.2, 0.25) is 0 Å². The van der Waals surface area contributed by atoms with Crippen LogP contribution in [0.5, 0.6) is 0 Å². The maximum atomic E-state index is 12.0. The molecule has 2 N–H and O–H groups in total. The molecule has 0 radical (unpaired) electrons. The van der Waals surface area contributed by atoms with Gasteiger partial charge in [-0.05, 0) is 19.8 Å². The van der Waals surface area contributed by atoms with Crippen LogP contribution in [-0.2, 0) is 0 Å². The molecule has 8 heteroatoms. The molecule has 15 heavy (non-hydrogen) atoms. The van der Waals surface area contributed by atoms with Crippen LogP contribution in [0.15, 0.2) is 0 Å². The van der Waals surface area contributed by atoms with E-state index in [0.717, 1.165) is 6.92 Å². The molecule has 2 nitrogen and oxygen atoms in total. The van der Waals surface area contributed by atoms with Crippen molar-refractivity contribution in [2.75, 3.05) is 0 Å². The van der Waals surface area contributed by atoms with Crippen molar-refractivity contribution in [3.63, 3.8) is 0 Å². The Morgan fingerprint density at radius 2 is 1.33 bits per heavy atom. The van der Waals surface area contributed by atoms with Gasteiger partial charge >= 0.3 is 12.4 Å². The third-order valence-corrected chi connectivity index (χ3v) is 1.86. The Bertz CT molecular complexity index is 193. The molecule has 0 aromatic rings. The first kappa shape index (κ1) is 14.5. The summed E-state index contributed by atoms with van der Waals surface area (Å²) in [7, 11) is 0. The standard InChI is InChI=1S/C7H10F6O2/c1-4(14)2-3-5(15,6(8,9)10)7(11,12)13/h4,14-15H,2-3H2,1H3. The van der Waals surface area contributed by atoms with Crippen molar-refractivity contribution in [1.29, 1.82) is 0 Å². The maximum absolute atomic E-state index is 12.0. The lowest BCUT2D eigenvalue weighted by Crippen LogP contribution is -2.57. The first-order chi connectivity index (χ1) is 6.42. The lowest BCUT2D eigenvalue weighted by Gasteiger charge is -2.32. The summed E-state index contributed by atoms with van der Waals surface area (Å²) in [6.07, 6.45) is -15.4. The zero-order valence-corrected chi connectivity index (χ0v) is 7.65. The van der Waals surface area contributed by atoms with Crippen LogP contribution in [0.25, 0.3) is 0 Å². The number of hydrogen-bond acceptors (Lipinski definition) is 2. The molecule has 0 aliphatic heterocycles. The lowest BCUT2D eigenvalue weighted by molar-refractivity contribution is -0.370. The van der Waals surface area contributed by atoms with Crippen molar-refractivity contribution in [1.82, 2.24) is 0 Å². The molecule has 0 aliphatic rings. The van der Waals surface area contributed by atoms with E-state index in [0.29, 0.717) is 0 Å². The van der Waals surface area contributed by atoms with Crippen molar-refractivity contribution in [2.24, 2.45) is 0 Å². The van der Waals surface area contributed by atoms with Gasteiger partial charge in [-0.25, -0.2) is 0 Å². The third kappa shape index (κ3) is 3.23. The molecule has 0 bridgehead atoms. The van der Waals surface area contributed by atoms with Crippen molar-refractivity contribution in [2.45, 2.75) is 43.8 Å². The minimum atomic E-state index is -5.81. The normalized spacial score (nSPS) is 16.6. The Kier molecular flexibility index (Phi) is 4.03. The Morgan fingerprint density at radius 1 is 1.00 bits per heavy atom. The van der Waals surface area contributed by atoms with E-state index in [2.05, 4.69) is 0 Å². The molecule has 0 saturated carbocycles. The van der Waals surface area contributed by atoms with Crippen molar-refractivity contribution >= 4 is 0 Å². The van der Waals surface area contributed by atoms with Crippen LogP contribution in [-0.4, -0.2) is 34.3 Å². The monoisotopic (exact) mass is 240 g/mol. The molecule has 0 fully saturated rings. The van der Waals surface area contributed by atoms with Crippen LogP contribution in [0.3, 0.4) is 0 Å². The highest BCUT2D eigenvalue weighted by molar-refractivity contribution is 4.93. The molecule has 0 heterocycles. The predicted molar refractivity (Wildman–Crippen MR) is 38.0 cm³/mol. The van der Waals surface area contributed by atoms with Gasteiger partial charge in [-0.2, -0.15) is 26.3 Å². The number of aliphatic hydroxyl groups is 2. The summed E-state index contributed by atoms with van der Waals surface area (Å²) in [6.45, 7) is 1.03. The van der Waals surface area contributed by atoms with Gasteiger partial charge in [0.15, 0.2) is 0 Å². The average Bonchev–Trinajstić information content (AvgIpc) is 1.95. The van der Waals surface area contributed by atoms with E-state index in [4.69, 9.17) is 10.2 Å². The number of rotatable bonds is 3. The van der Waals surface area contributed by atoms with Gasteiger partial charge in [-0.3, -0.25) is 0 Å². The van der Waals surface area contributed by atoms with Crippen LogP contribution in [0.4, 0.5) is 26.3 Å². The number of alkyl halides is 6. The molecule has 0 rings (SSSR count). The Labute approximate surface area is 81.5 Å². The second kappa shape index (κ2) is 4.17. The Balaban J connectivity index is 4.90. The highest BCUT2D eigenvalue weighted by Crippen LogP contribution is 2.45. The minimum absolute atomic E-state index is 0.796. The van der Waals surface area contributed by atoms with Gasteiger partial charge in [-0.15, -0.1) is 0 Å². The molecule has 0 aliphatic carbocycles. The van der Waals surface area contributed by atoms with Gasteiger partial charge in [0.2, 0.25) is 0 Å². The van der Waals surface area contributed by atoms with Crippen molar-refractivity contribution < 1.29 is 36.6 Å². The quantitative estimate of drug-likeness (QED) is 0.741. The summed E-state index contributed by atoms with van der Waals surface area (Å²) in [6, 6.07) is 0. The Hall–Kier alpha value is -0.500. The summed E-state index contributed by atoms with van der Waals surface area (Å²) < 4.78 is 72.0. The molecular formula is C7H10F6O2. The number of halogens is 6. The van der Waals surface area contributed by atoms with E-state index < -0.39 is 36.9 Å². The Morgan fingerprint density at radius 3 is 1.53 bits per heavy atom. The van der Waals surface area contributed by atoms with E-state index in [1.165, 1.54) is 0 Å². The molecule has 0 aromatic carbocycles. The summed E-state index contributed by atoms with van der Waals surface area (Å²) >= 11 is 0. The fourth-order valence-electron chi connectivity index (χ4n) is 0.862. The topological polar surface area (TPSA) is 40.5 Å². The second-order valence-electron chi connectivity index (χ2n) is 3.24. The van der Waals surface area contributed by atoms with Gasteiger partial charge < -0.3 is 10.2 Å². The van der Waals surface area contributed by atoms with Gasteiger partial charge in [0.25, 0.3) is 5.60 Å². The van der Waals surface area contributed by atoms with Crippen LogP contribution < -0.4 is 0 Å². The highest BCUT2D eigenvalue weighted by Gasteiger charge is 2.69. The highest BCUT2D eigenvalue weighted by atomic mass is 19.4. The zero-order valence-electron chi connectivity index (χ0n) is 7.65. The molecule has 1 atom stereocenters. The zero-order chi connectivity index (χ0) is 12.5. The second-order valence-corrected chi connectivity index (χ2v) is 3.24. The molecular weight excluding hydrogens is 230 g/mol. The largest absolute Gasteiger partial charge is 0.426 e. The van der Waals surface area contributed by atoms with Crippen LogP contribution in [0.1, 0.15) is 19.8 Å². The van der Waals surface area contributed by atoms with E-state index in [1.807, 2.05) is 0 Å². The SMILES string of the molecule is CC(O)CCC(O)(C(F)(F)F)C(F)(F)F. The first-order valence-corrected chi connectivity index (χ1v) is 3.95. The van der Waals surface area contributed by atoms with Gasteiger partial charge in [0.05, 0.1) is 6.10 Å². The van der Waals surface area contributed by atoms with Crippen molar-refractivity contribution in [3.8, 4) is 0 Å². The van der Waals surface area contributed by atoms with Crippen LogP contribution >= 0.6 is 0 Å². The molecule has 0 amide bonds. The first-order valence-electron chi connectivity index (χ1n) is 3.95. The lowest BCUT2D eigenvalue weighted by atomic mass is 9.94. The predicted octanol–water partition coefficient (Wildman–Crippen LogP) is 2.00. The van der Waals surface area contributed by atoms with Gasteiger partial charge in [0, 0.05) is 0 Å². The number of hydrogen-bond donors (Lipinski definition) is 2. The van der Waals surface area contributed by atoms with E-state index in [9.17, 15) is 26.3 Å². The fraction of sp³-hybridized carbons (Fsp3) is 1.00. The van der Waals surface area contributed by atoms with Gasteiger partial charge in [0.1, 0.15) is 0 Å². The molecule has 0 aromatic heterocycles. The maximum Gasteiger partial charge on any atom is 0.426 e. The van der Waals surface area contributed by atoms with Crippen LogP contribution in [0, 0.1) is 0 Å². The molecule has 92 valence electrons. The third-order valence-electron chi connectivity index (χ3n) is 1.86. The molecule has 0 spiro atoms. The molecule has 0 saturated heterocycles. The number of aliphatic hydroxyl groups excluding tert-OH is 1. The summed E-state index contributed by atoms with van der Waals surface area (Å²) in [5.41, 5.74) is -4.75. The minimum Gasteiger partial charge on any atom is -0.393 e. The van der Waals surface area contributed by atoms with Crippen molar-refractivity contribution in [3.05, 3.63) is 0 Å². The van der Waals surface area contributed by atoms with E-state index in [1.54, 1.807) is 0 Å². The van der Waals surface area contributed by atoms with E-state index >= 15 is 0 Å². The summed E-state index contributed by atoms with van der Waals surface area (Å²) in [5, 5.41) is 17.2. The van der Waals surface area contributed by atoms with E-state index in [-0.39, 0.29) is 0 Å². The summed E-state index contributed by atoms with van der Waals surface area (Å²) in [4.78, 5) is 0.